The van der Waals surface area contributed by atoms with Crippen LogP contribution < -0.4 is 10.7 Å². The summed E-state index contributed by atoms with van der Waals surface area (Å²) < 4.78 is 26.9. The molecule has 0 bridgehead atoms. The smallest absolute Gasteiger partial charge is 0.316 e. The Hall–Kier alpha value is -0.950. The van der Waals surface area contributed by atoms with E-state index in [0.717, 1.165) is 6.54 Å². The maximum atomic E-state index is 13.7. The molecule has 0 aliphatic heterocycles. The van der Waals surface area contributed by atoms with E-state index in [0.29, 0.717) is 6.54 Å². The summed E-state index contributed by atoms with van der Waals surface area (Å²) >= 11 is 0. The van der Waals surface area contributed by atoms with Gasteiger partial charge in [-0.3, -0.25) is 4.57 Å². The van der Waals surface area contributed by atoms with Crippen molar-refractivity contribution in [3.05, 3.63) is 12.7 Å². The number of hydrogen-bond donors (Lipinski definition) is 2. The van der Waals surface area contributed by atoms with Crippen molar-refractivity contribution in [2.45, 2.75) is 66.5 Å². The first-order valence-electron chi connectivity index (χ1n) is 8.39. The average molecular weight is 361 g/mol. The number of nitrogens with one attached hydrogen (secondary N) is 2. The molecule has 0 saturated heterocycles. The van der Waals surface area contributed by atoms with Crippen molar-refractivity contribution in [3.63, 3.8) is 0 Å². The van der Waals surface area contributed by atoms with Crippen LogP contribution in [0, 0.1) is 5.41 Å². The fourth-order valence-corrected chi connectivity index (χ4v) is 5.05. The summed E-state index contributed by atoms with van der Waals surface area (Å²) in [4.78, 5) is 0. The molecule has 1 rings (SSSR count). The molecule has 1 aromatic heterocycles. The predicted octanol–water partition coefficient (Wildman–Crippen LogP) is 2.83. The van der Waals surface area contributed by atoms with Crippen molar-refractivity contribution in [2.24, 2.45) is 5.41 Å². The van der Waals surface area contributed by atoms with Gasteiger partial charge < -0.3 is 19.8 Å². The second-order valence-electron chi connectivity index (χ2n) is 7.02. The van der Waals surface area contributed by atoms with Crippen LogP contribution in [0.5, 0.6) is 0 Å². The quantitative estimate of drug-likeness (QED) is 0.586. The van der Waals surface area contributed by atoms with Crippen molar-refractivity contribution in [1.82, 2.24) is 20.2 Å². The zero-order chi connectivity index (χ0) is 18.4. The van der Waals surface area contributed by atoms with Crippen molar-refractivity contribution in [2.75, 3.05) is 18.5 Å². The van der Waals surface area contributed by atoms with Gasteiger partial charge in [0.2, 0.25) is 0 Å². The molecule has 0 aromatic carbocycles. The summed E-state index contributed by atoms with van der Waals surface area (Å²) in [5, 5.41) is 10.9. The van der Waals surface area contributed by atoms with E-state index in [1.165, 1.54) is 12.7 Å². The Morgan fingerprint density at radius 1 is 1.12 bits per heavy atom. The number of nitrogens with zero attached hydrogens (tertiary/aromatic N) is 3. The van der Waals surface area contributed by atoms with Gasteiger partial charge in [-0.05, 0) is 34.2 Å². The van der Waals surface area contributed by atoms with Crippen LogP contribution in [0.25, 0.3) is 0 Å². The molecule has 9 heteroatoms. The van der Waals surface area contributed by atoms with Crippen LogP contribution >= 0.6 is 7.60 Å². The van der Waals surface area contributed by atoms with E-state index in [9.17, 15) is 4.57 Å². The minimum absolute atomic E-state index is 0.227. The molecule has 0 saturated carbocycles. The molecule has 1 aromatic rings. The number of rotatable bonds is 11. The summed E-state index contributed by atoms with van der Waals surface area (Å²) in [6.07, 6.45) is 2.58. The van der Waals surface area contributed by atoms with E-state index >= 15 is 0 Å². The fraction of sp³-hybridized carbons (Fsp3) is 0.867. The Morgan fingerprint density at radius 3 is 2.04 bits per heavy atom. The lowest BCUT2D eigenvalue weighted by Gasteiger charge is -2.40. The predicted molar refractivity (Wildman–Crippen MR) is 95.5 cm³/mol. The van der Waals surface area contributed by atoms with Gasteiger partial charge in [0.15, 0.2) is 5.78 Å². The van der Waals surface area contributed by atoms with Crippen molar-refractivity contribution in [1.29, 1.82) is 0 Å². The van der Waals surface area contributed by atoms with Crippen LogP contribution in [0.3, 0.4) is 0 Å². The summed E-state index contributed by atoms with van der Waals surface area (Å²) in [5.41, 5.74) is 2.78. The Morgan fingerprint density at radius 2 is 1.62 bits per heavy atom. The molecule has 0 fully saturated rings. The topological polar surface area (TPSA) is 90.3 Å². The van der Waals surface area contributed by atoms with Gasteiger partial charge >= 0.3 is 7.60 Å². The molecule has 140 valence electrons. The van der Waals surface area contributed by atoms with Crippen molar-refractivity contribution < 1.29 is 13.6 Å². The summed E-state index contributed by atoms with van der Waals surface area (Å²) in [5.74, 6) is -0.579. The highest BCUT2D eigenvalue weighted by atomic mass is 31.2. The molecule has 8 nitrogen and oxygen atoms in total. The SMILES string of the molecule is CCNCC(C)(C)C(Nn1cnnc1)P(=O)(OC(C)C)OC(C)C. The molecular weight excluding hydrogens is 329 g/mol. The molecule has 0 aliphatic rings. The van der Waals surface area contributed by atoms with Crippen LogP contribution in [0.1, 0.15) is 48.5 Å². The molecule has 24 heavy (non-hydrogen) atoms. The van der Waals surface area contributed by atoms with Gasteiger partial charge in [-0.1, -0.05) is 20.8 Å². The highest BCUT2D eigenvalue weighted by molar-refractivity contribution is 7.54. The summed E-state index contributed by atoms with van der Waals surface area (Å²) in [6.45, 7) is 15.0. The lowest BCUT2D eigenvalue weighted by atomic mass is 9.93. The zero-order valence-electron chi connectivity index (χ0n) is 15.8. The van der Waals surface area contributed by atoms with Gasteiger partial charge in [-0.25, -0.2) is 4.68 Å². The first-order chi connectivity index (χ1) is 11.1. The first kappa shape index (κ1) is 21.1. The van der Waals surface area contributed by atoms with Crippen LogP contribution in [-0.2, 0) is 13.6 Å². The number of aromatic nitrogens is 3. The van der Waals surface area contributed by atoms with Gasteiger partial charge in [0, 0.05) is 12.0 Å². The van der Waals surface area contributed by atoms with E-state index in [2.05, 4.69) is 20.9 Å². The van der Waals surface area contributed by atoms with E-state index in [1.54, 1.807) is 4.68 Å². The Labute approximate surface area is 145 Å². The molecule has 0 radical (unpaired) electrons. The molecule has 0 amide bonds. The molecule has 1 heterocycles. The van der Waals surface area contributed by atoms with E-state index in [4.69, 9.17) is 9.05 Å². The minimum atomic E-state index is -3.47. The van der Waals surface area contributed by atoms with Gasteiger partial charge in [0.25, 0.3) is 0 Å². The molecule has 0 aliphatic carbocycles. The Kier molecular flexibility index (Phi) is 7.86. The molecule has 1 unspecified atom stereocenters. The minimum Gasteiger partial charge on any atom is -0.316 e. The van der Waals surface area contributed by atoms with Crippen LogP contribution in [0.15, 0.2) is 12.7 Å². The molecule has 2 N–H and O–H groups in total. The van der Waals surface area contributed by atoms with Gasteiger partial charge in [-0.2, -0.15) is 0 Å². The molecule has 1 atom stereocenters. The summed E-state index contributed by atoms with van der Waals surface area (Å²) in [6, 6.07) is 0. The Balaban J connectivity index is 3.21. The lowest BCUT2D eigenvalue weighted by molar-refractivity contribution is 0.124. The van der Waals surface area contributed by atoms with Crippen molar-refractivity contribution >= 4 is 7.60 Å². The van der Waals surface area contributed by atoms with E-state index in [1.807, 2.05) is 48.5 Å². The summed E-state index contributed by atoms with van der Waals surface area (Å²) in [7, 11) is -3.47. The highest BCUT2D eigenvalue weighted by Gasteiger charge is 2.47. The lowest BCUT2D eigenvalue weighted by Crippen LogP contribution is -2.46. The standard InChI is InChI=1S/C15H32N5O3P/c1-8-16-9-15(6,7)14(19-20-10-17-18-11-20)24(21,22-12(2)3)23-13(4)5/h10-14,16,19H,8-9H2,1-7H3. The molecular formula is C15H32N5O3P. The van der Waals surface area contributed by atoms with E-state index in [-0.39, 0.29) is 12.2 Å². The maximum absolute atomic E-state index is 13.7. The number of hydrogen-bond acceptors (Lipinski definition) is 7. The third kappa shape index (κ3) is 6.16. The van der Waals surface area contributed by atoms with Gasteiger partial charge in [0.1, 0.15) is 12.7 Å². The first-order valence-corrected chi connectivity index (χ1v) is 10.0. The second-order valence-corrected chi connectivity index (χ2v) is 9.04. The Bertz CT molecular complexity index is 505. The van der Waals surface area contributed by atoms with Crippen molar-refractivity contribution in [3.8, 4) is 0 Å². The monoisotopic (exact) mass is 361 g/mol. The van der Waals surface area contributed by atoms with Crippen LogP contribution in [0.2, 0.25) is 0 Å². The second kappa shape index (κ2) is 8.94. The average Bonchev–Trinajstić information content (AvgIpc) is 2.93. The molecule has 0 spiro atoms. The van der Waals surface area contributed by atoms with E-state index < -0.39 is 18.8 Å². The third-order valence-corrected chi connectivity index (χ3v) is 6.17. The van der Waals surface area contributed by atoms with Gasteiger partial charge in [0.05, 0.1) is 12.2 Å². The fourth-order valence-electron chi connectivity index (χ4n) is 2.36. The van der Waals surface area contributed by atoms with Crippen LogP contribution in [-0.4, -0.2) is 46.0 Å². The highest BCUT2D eigenvalue weighted by Crippen LogP contribution is 2.59. The third-order valence-electron chi connectivity index (χ3n) is 3.29. The van der Waals surface area contributed by atoms with Gasteiger partial charge in [-0.15, -0.1) is 10.2 Å². The normalized spacial score (nSPS) is 14.4. The largest absolute Gasteiger partial charge is 0.355 e. The maximum Gasteiger partial charge on any atom is 0.355 e. The van der Waals surface area contributed by atoms with Crippen LogP contribution in [0.4, 0.5) is 0 Å². The zero-order valence-corrected chi connectivity index (χ0v) is 16.7.